The summed E-state index contributed by atoms with van der Waals surface area (Å²) in [6.07, 6.45) is 1.17. The molecule has 0 heterocycles. The Hall–Kier alpha value is -1.22. The number of rotatable bonds is 3. The highest BCUT2D eigenvalue weighted by molar-refractivity contribution is 6.33. The predicted octanol–water partition coefficient (Wildman–Crippen LogP) is 2.63. The van der Waals surface area contributed by atoms with Crippen molar-refractivity contribution in [2.75, 3.05) is 5.73 Å². The van der Waals surface area contributed by atoms with Gasteiger partial charge in [0.25, 0.3) is 0 Å². The molecular weight excluding hydrogens is 202 g/mol. The number of anilines is 1. The van der Waals surface area contributed by atoms with Crippen molar-refractivity contribution in [3.63, 3.8) is 0 Å². The number of nitrogen functional groups attached to an aromatic ring is 1. The van der Waals surface area contributed by atoms with Crippen LogP contribution in [0.3, 0.4) is 0 Å². The van der Waals surface area contributed by atoms with E-state index in [9.17, 15) is 4.79 Å². The summed E-state index contributed by atoms with van der Waals surface area (Å²) in [4.78, 5) is 11.1. The summed E-state index contributed by atoms with van der Waals surface area (Å²) < 4.78 is 5.01. The third kappa shape index (κ3) is 2.92. The maximum Gasteiger partial charge on any atom is 0.311 e. The highest BCUT2D eigenvalue weighted by Crippen LogP contribution is 2.24. The molecule has 0 bridgehead atoms. The first-order valence-corrected chi connectivity index (χ1v) is 4.77. The average Bonchev–Trinajstić information content (AvgIpc) is 2.12. The molecule has 1 aromatic carbocycles. The molecule has 0 saturated heterocycles. The van der Waals surface area contributed by atoms with Crippen molar-refractivity contribution >= 4 is 23.3 Å². The second-order valence-corrected chi connectivity index (χ2v) is 3.31. The zero-order chi connectivity index (χ0) is 10.6. The average molecular weight is 214 g/mol. The molecule has 0 spiro atoms. The predicted molar refractivity (Wildman–Crippen MR) is 56.4 cm³/mol. The zero-order valence-electron chi connectivity index (χ0n) is 7.92. The molecule has 0 aliphatic carbocycles. The molecule has 0 aromatic heterocycles. The molecule has 4 heteroatoms. The van der Waals surface area contributed by atoms with Crippen molar-refractivity contribution < 1.29 is 9.53 Å². The molecule has 0 amide bonds. The van der Waals surface area contributed by atoms with E-state index < -0.39 is 0 Å². The van der Waals surface area contributed by atoms with E-state index in [4.69, 9.17) is 22.1 Å². The van der Waals surface area contributed by atoms with Crippen LogP contribution in [0.15, 0.2) is 18.2 Å². The van der Waals surface area contributed by atoms with E-state index in [0.717, 1.165) is 6.42 Å². The van der Waals surface area contributed by atoms with Gasteiger partial charge in [0.05, 0.1) is 10.7 Å². The lowest BCUT2D eigenvalue weighted by Gasteiger charge is -2.04. The van der Waals surface area contributed by atoms with Crippen molar-refractivity contribution in [2.45, 2.75) is 19.8 Å². The Morgan fingerprint density at radius 2 is 2.29 bits per heavy atom. The summed E-state index contributed by atoms with van der Waals surface area (Å²) in [5.74, 6) is 0.177. The molecule has 1 aromatic rings. The standard InChI is InChI=1S/C10H12ClNO2/c1-2-3-10(13)14-7-4-5-9(12)8(11)6-7/h4-6H,2-3,12H2,1H3. The number of carbonyl (C=O) groups is 1. The summed E-state index contributed by atoms with van der Waals surface area (Å²) in [5, 5.41) is 0.395. The molecule has 1 rings (SSSR count). The second kappa shape index (κ2) is 4.86. The Morgan fingerprint density at radius 3 is 2.86 bits per heavy atom. The van der Waals surface area contributed by atoms with Crippen LogP contribution in [0.1, 0.15) is 19.8 Å². The van der Waals surface area contributed by atoms with E-state index in [1.54, 1.807) is 12.1 Å². The van der Waals surface area contributed by atoms with Crippen molar-refractivity contribution in [3.8, 4) is 5.75 Å². The number of esters is 1. The van der Waals surface area contributed by atoms with E-state index in [1.165, 1.54) is 6.07 Å². The van der Waals surface area contributed by atoms with Gasteiger partial charge in [0, 0.05) is 12.5 Å². The normalized spacial score (nSPS) is 9.86. The molecule has 0 atom stereocenters. The minimum Gasteiger partial charge on any atom is -0.426 e. The van der Waals surface area contributed by atoms with Crippen molar-refractivity contribution in [2.24, 2.45) is 0 Å². The van der Waals surface area contributed by atoms with Crippen LogP contribution in [0.4, 0.5) is 5.69 Å². The van der Waals surface area contributed by atoms with Crippen molar-refractivity contribution in [1.29, 1.82) is 0 Å². The molecule has 0 radical (unpaired) electrons. The SMILES string of the molecule is CCCC(=O)Oc1ccc(N)c(Cl)c1. The molecule has 0 aliphatic rings. The van der Waals surface area contributed by atoms with Gasteiger partial charge in [-0.1, -0.05) is 18.5 Å². The van der Waals surface area contributed by atoms with Gasteiger partial charge in [0.2, 0.25) is 0 Å². The quantitative estimate of drug-likeness (QED) is 0.477. The first kappa shape index (κ1) is 10.9. The van der Waals surface area contributed by atoms with Crippen LogP contribution in [0.25, 0.3) is 0 Å². The van der Waals surface area contributed by atoms with Crippen LogP contribution < -0.4 is 10.5 Å². The number of halogens is 1. The van der Waals surface area contributed by atoms with Gasteiger partial charge in [-0.05, 0) is 18.6 Å². The maximum absolute atomic E-state index is 11.1. The molecule has 2 N–H and O–H groups in total. The molecule has 14 heavy (non-hydrogen) atoms. The highest BCUT2D eigenvalue weighted by atomic mass is 35.5. The lowest BCUT2D eigenvalue weighted by Crippen LogP contribution is -2.06. The smallest absolute Gasteiger partial charge is 0.311 e. The Balaban J connectivity index is 2.68. The summed E-state index contributed by atoms with van der Waals surface area (Å²) in [7, 11) is 0. The van der Waals surface area contributed by atoms with Gasteiger partial charge in [-0.3, -0.25) is 4.79 Å². The van der Waals surface area contributed by atoms with Gasteiger partial charge in [0.1, 0.15) is 5.75 Å². The van der Waals surface area contributed by atoms with Gasteiger partial charge in [-0.15, -0.1) is 0 Å². The Kier molecular flexibility index (Phi) is 3.77. The fraction of sp³-hybridized carbons (Fsp3) is 0.300. The van der Waals surface area contributed by atoms with Gasteiger partial charge >= 0.3 is 5.97 Å². The monoisotopic (exact) mass is 213 g/mol. The number of benzene rings is 1. The van der Waals surface area contributed by atoms with Crippen LogP contribution in [-0.4, -0.2) is 5.97 Å². The molecule has 0 fully saturated rings. The zero-order valence-corrected chi connectivity index (χ0v) is 8.67. The molecule has 3 nitrogen and oxygen atoms in total. The Bertz CT molecular complexity index is 339. The van der Waals surface area contributed by atoms with Crippen LogP contribution in [0, 0.1) is 0 Å². The Morgan fingerprint density at radius 1 is 1.57 bits per heavy atom. The van der Waals surface area contributed by atoms with Gasteiger partial charge < -0.3 is 10.5 Å². The van der Waals surface area contributed by atoms with Crippen LogP contribution >= 0.6 is 11.6 Å². The number of nitrogens with two attached hydrogens (primary N) is 1. The number of hydrogen-bond donors (Lipinski definition) is 1. The van der Waals surface area contributed by atoms with E-state index in [2.05, 4.69) is 0 Å². The first-order valence-electron chi connectivity index (χ1n) is 4.39. The van der Waals surface area contributed by atoms with Crippen LogP contribution in [-0.2, 0) is 4.79 Å². The number of ether oxygens (including phenoxy) is 1. The number of carbonyl (C=O) groups excluding carboxylic acids is 1. The molecule has 0 unspecified atom stereocenters. The summed E-state index contributed by atoms with van der Waals surface area (Å²) in [6, 6.07) is 4.76. The Labute approximate surface area is 87.8 Å². The van der Waals surface area contributed by atoms with Gasteiger partial charge in [0.15, 0.2) is 0 Å². The van der Waals surface area contributed by atoms with E-state index in [-0.39, 0.29) is 5.97 Å². The van der Waals surface area contributed by atoms with Crippen LogP contribution in [0.2, 0.25) is 5.02 Å². The molecule has 0 saturated carbocycles. The molecule has 76 valence electrons. The molecule has 0 aliphatic heterocycles. The highest BCUT2D eigenvalue weighted by Gasteiger charge is 2.04. The third-order valence-electron chi connectivity index (χ3n) is 1.66. The van der Waals surface area contributed by atoms with E-state index >= 15 is 0 Å². The van der Waals surface area contributed by atoms with E-state index in [0.29, 0.717) is 22.9 Å². The molecular formula is C10H12ClNO2. The first-order chi connectivity index (χ1) is 6.63. The van der Waals surface area contributed by atoms with Crippen molar-refractivity contribution in [3.05, 3.63) is 23.2 Å². The number of hydrogen-bond acceptors (Lipinski definition) is 3. The minimum absolute atomic E-state index is 0.256. The van der Waals surface area contributed by atoms with Crippen molar-refractivity contribution in [1.82, 2.24) is 0 Å². The van der Waals surface area contributed by atoms with Gasteiger partial charge in [-0.2, -0.15) is 0 Å². The van der Waals surface area contributed by atoms with Crippen LogP contribution in [0.5, 0.6) is 5.75 Å². The summed E-state index contributed by atoms with van der Waals surface area (Å²) in [5.41, 5.74) is 5.98. The fourth-order valence-electron chi connectivity index (χ4n) is 0.958. The fourth-order valence-corrected chi connectivity index (χ4v) is 1.13. The van der Waals surface area contributed by atoms with Gasteiger partial charge in [-0.25, -0.2) is 0 Å². The maximum atomic E-state index is 11.1. The third-order valence-corrected chi connectivity index (χ3v) is 1.99. The minimum atomic E-state index is -0.256. The summed E-state index contributed by atoms with van der Waals surface area (Å²) >= 11 is 5.76. The lowest BCUT2D eigenvalue weighted by molar-refractivity contribution is -0.134. The summed E-state index contributed by atoms with van der Waals surface area (Å²) in [6.45, 7) is 1.91. The topological polar surface area (TPSA) is 52.3 Å². The largest absolute Gasteiger partial charge is 0.426 e. The second-order valence-electron chi connectivity index (χ2n) is 2.91. The lowest BCUT2D eigenvalue weighted by atomic mass is 10.3. The van der Waals surface area contributed by atoms with E-state index in [1.807, 2.05) is 6.92 Å².